The van der Waals surface area contributed by atoms with E-state index in [-0.39, 0.29) is 5.91 Å². The van der Waals surface area contributed by atoms with Crippen molar-refractivity contribution in [2.45, 2.75) is 19.4 Å². The summed E-state index contributed by atoms with van der Waals surface area (Å²) in [5, 5.41) is 0. The number of amides is 1. The average Bonchev–Trinajstić information content (AvgIpc) is 3.21. The molecule has 0 saturated carbocycles. The van der Waals surface area contributed by atoms with Crippen LogP contribution < -0.4 is 4.90 Å². The van der Waals surface area contributed by atoms with E-state index in [1.807, 2.05) is 54.3 Å². The molecule has 1 unspecified atom stereocenters. The standard InChI is InChI=1S/C22H23N3O2/c1-15-18(10-11-19(23-15)21-9-6-12-27-21)22(26)25-14-17(24(2)3)13-16-7-4-5-8-20(16)25/h4-12,17H,13-14H2,1-3H3. The van der Waals surface area contributed by atoms with Crippen LogP contribution in [0.2, 0.25) is 0 Å². The largest absolute Gasteiger partial charge is 0.463 e. The summed E-state index contributed by atoms with van der Waals surface area (Å²) >= 11 is 0. The zero-order valence-electron chi connectivity index (χ0n) is 15.8. The lowest BCUT2D eigenvalue weighted by atomic mass is 9.96. The van der Waals surface area contributed by atoms with Crippen molar-refractivity contribution in [1.29, 1.82) is 0 Å². The molecule has 1 atom stereocenters. The van der Waals surface area contributed by atoms with Crippen LogP contribution >= 0.6 is 0 Å². The molecule has 1 aromatic carbocycles. The van der Waals surface area contributed by atoms with Crippen LogP contribution in [0.5, 0.6) is 0 Å². The first-order valence-electron chi connectivity index (χ1n) is 9.12. The van der Waals surface area contributed by atoms with Gasteiger partial charge < -0.3 is 14.2 Å². The summed E-state index contributed by atoms with van der Waals surface area (Å²) in [6.45, 7) is 2.54. The van der Waals surface area contributed by atoms with E-state index in [0.717, 1.165) is 17.8 Å². The van der Waals surface area contributed by atoms with Crippen LogP contribution in [0, 0.1) is 6.92 Å². The van der Waals surface area contributed by atoms with Crippen molar-refractivity contribution in [2.24, 2.45) is 0 Å². The van der Waals surface area contributed by atoms with E-state index in [1.165, 1.54) is 5.56 Å². The molecule has 4 rings (SSSR count). The molecule has 3 heterocycles. The molecular formula is C22H23N3O2. The number of hydrogen-bond donors (Lipinski definition) is 0. The average molecular weight is 361 g/mol. The van der Waals surface area contributed by atoms with Crippen LogP contribution in [-0.4, -0.2) is 42.5 Å². The van der Waals surface area contributed by atoms with E-state index >= 15 is 0 Å². The van der Waals surface area contributed by atoms with Gasteiger partial charge in [0.05, 0.1) is 17.5 Å². The van der Waals surface area contributed by atoms with Gasteiger partial charge in [0.1, 0.15) is 5.69 Å². The van der Waals surface area contributed by atoms with E-state index in [2.05, 4.69) is 30.0 Å². The molecule has 5 heteroatoms. The number of carbonyl (C=O) groups is 1. The minimum Gasteiger partial charge on any atom is -0.463 e. The molecule has 27 heavy (non-hydrogen) atoms. The molecule has 3 aromatic rings. The number of furan rings is 1. The summed E-state index contributed by atoms with van der Waals surface area (Å²) in [7, 11) is 4.12. The number of hydrogen-bond acceptors (Lipinski definition) is 4. The van der Waals surface area contributed by atoms with Crippen LogP contribution in [0.3, 0.4) is 0 Å². The van der Waals surface area contributed by atoms with Crippen molar-refractivity contribution < 1.29 is 9.21 Å². The molecule has 1 aliphatic rings. The van der Waals surface area contributed by atoms with Gasteiger partial charge in [-0.1, -0.05) is 18.2 Å². The highest BCUT2D eigenvalue weighted by Gasteiger charge is 2.30. The number of aryl methyl sites for hydroxylation is 1. The van der Waals surface area contributed by atoms with Gasteiger partial charge >= 0.3 is 0 Å². The molecular weight excluding hydrogens is 338 g/mol. The lowest BCUT2D eigenvalue weighted by molar-refractivity contribution is 0.0975. The first kappa shape index (κ1) is 17.5. The van der Waals surface area contributed by atoms with E-state index in [1.54, 1.807) is 6.26 Å². The number of rotatable bonds is 3. The monoisotopic (exact) mass is 361 g/mol. The maximum Gasteiger partial charge on any atom is 0.260 e. The molecule has 0 fully saturated rings. The highest BCUT2D eigenvalue weighted by Crippen LogP contribution is 2.30. The fraction of sp³-hybridized carbons (Fsp3) is 0.273. The van der Waals surface area contributed by atoms with Crippen LogP contribution in [0.15, 0.2) is 59.2 Å². The van der Waals surface area contributed by atoms with Crippen molar-refractivity contribution in [3.8, 4) is 11.5 Å². The lowest BCUT2D eigenvalue weighted by Crippen LogP contribution is -2.48. The number of likely N-dealkylation sites (N-methyl/N-ethyl adjacent to an activating group) is 1. The molecule has 0 aliphatic carbocycles. The normalized spacial score (nSPS) is 16.4. The fourth-order valence-electron chi connectivity index (χ4n) is 3.61. The summed E-state index contributed by atoms with van der Waals surface area (Å²) in [5.41, 5.74) is 4.26. The Balaban J connectivity index is 1.70. The summed E-state index contributed by atoms with van der Waals surface area (Å²) in [5.74, 6) is 0.693. The highest BCUT2D eigenvalue weighted by atomic mass is 16.3. The lowest BCUT2D eigenvalue weighted by Gasteiger charge is -2.37. The van der Waals surface area contributed by atoms with Gasteiger partial charge in [0.25, 0.3) is 5.91 Å². The van der Waals surface area contributed by atoms with Gasteiger partial charge in [0.15, 0.2) is 5.76 Å². The molecule has 0 spiro atoms. The third-order valence-electron chi connectivity index (χ3n) is 5.20. The van der Waals surface area contributed by atoms with Crippen LogP contribution in [0.4, 0.5) is 5.69 Å². The Morgan fingerprint density at radius 3 is 2.67 bits per heavy atom. The van der Waals surface area contributed by atoms with Gasteiger partial charge in [-0.05, 0) is 63.3 Å². The topological polar surface area (TPSA) is 49.6 Å². The number of aromatic nitrogens is 1. The predicted molar refractivity (Wildman–Crippen MR) is 106 cm³/mol. The zero-order valence-corrected chi connectivity index (χ0v) is 15.8. The van der Waals surface area contributed by atoms with Crippen molar-refractivity contribution >= 4 is 11.6 Å². The van der Waals surface area contributed by atoms with Gasteiger partial charge in [0, 0.05) is 18.3 Å². The Hall–Kier alpha value is -2.92. The van der Waals surface area contributed by atoms with Crippen molar-refractivity contribution in [1.82, 2.24) is 9.88 Å². The second-order valence-electron chi connectivity index (χ2n) is 7.17. The smallest absolute Gasteiger partial charge is 0.260 e. The van der Waals surface area contributed by atoms with Crippen molar-refractivity contribution in [2.75, 3.05) is 25.5 Å². The Morgan fingerprint density at radius 1 is 1.15 bits per heavy atom. The fourth-order valence-corrected chi connectivity index (χ4v) is 3.61. The molecule has 5 nitrogen and oxygen atoms in total. The third kappa shape index (κ3) is 3.26. The maximum absolute atomic E-state index is 13.4. The SMILES string of the molecule is Cc1nc(-c2ccco2)ccc1C(=O)N1CC(N(C)C)Cc2ccccc21. The quantitative estimate of drug-likeness (QED) is 0.712. The summed E-state index contributed by atoms with van der Waals surface area (Å²) < 4.78 is 5.41. The molecule has 0 radical (unpaired) electrons. The number of carbonyl (C=O) groups excluding carboxylic acids is 1. The zero-order chi connectivity index (χ0) is 19.0. The van der Waals surface area contributed by atoms with E-state index < -0.39 is 0 Å². The van der Waals surface area contributed by atoms with Gasteiger partial charge in [-0.3, -0.25) is 4.79 Å². The van der Waals surface area contributed by atoms with Gasteiger partial charge in [0.2, 0.25) is 0 Å². The molecule has 0 saturated heterocycles. The number of benzene rings is 1. The predicted octanol–water partition coefficient (Wildman–Crippen LogP) is 3.78. The van der Waals surface area contributed by atoms with Crippen LogP contribution in [0.25, 0.3) is 11.5 Å². The Kier molecular flexibility index (Phi) is 4.54. The van der Waals surface area contributed by atoms with Gasteiger partial charge in [-0.25, -0.2) is 4.98 Å². The number of nitrogens with zero attached hydrogens (tertiary/aromatic N) is 3. The third-order valence-corrected chi connectivity index (χ3v) is 5.20. The summed E-state index contributed by atoms with van der Waals surface area (Å²) in [4.78, 5) is 22.1. The number of pyridine rings is 1. The summed E-state index contributed by atoms with van der Waals surface area (Å²) in [6.07, 6.45) is 2.57. The van der Waals surface area contributed by atoms with E-state index in [4.69, 9.17) is 4.42 Å². The van der Waals surface area contributed by atoms with E-state index in [0.29, 0.717) is 29.6 Å². The van der Waals surface area contributed by atoms with Gasteiger partial charge in [-0.2, -0.15) is 0 Å². The molecule has 2 aromatic heterocycles. The van der Waals surface area contributed by atoms with Crippen molar-refractivity contribution in [3.05, 3.63) is 71.6 Å². The summed E-state index contributed by atoms with van der Waals surface area (Å²) in [6, 6.07) is 15.8. The molecule has 1 amide bonds. The minimum atomic E-state index is -0.00926. The molecule has 0 N–H and O–H groups in total. The van der Waals surface area contributed by atoms with Gasteiger partial charge in [-0.15, -0.1) is 0 Å². The Bertz CT molecular complexity index is 963. The second-order valence-corrected chi connectivity index (χ2v) is 7.17. The number of anilines is 1. The molecule has 0 bridgehead atoms. The minimum absolute atomic E-state index is 0.00926. The van der Waals surface area contributed by atoms with E-state index in [9.17, 15) is 4.79 Å². The first-order valence-corrected chi connectivity index (χ1v) is 9.12. The number of para-hydroxylation sites is 1. The van der Waals surface area contributed by atoms with Crippen molar-refractivity contribution in [3.63, 3.8) is 0 Å². The Labute approximate surface area is 159 Å². The highest BCUT2D eigenvalue weighted by molar-refractivity contribution is 6.07. The van der Waals surface area contributed by atoms with Crippen LogP contribution in [0.1, 0.15) is 21.6 Å². The van der Waals surface area contributed by atoms with Crippen LogP contribution in [-0.2, 0) is 6.42 Å². The molecule has 1 aliphatic heterocycles. The first-order chi connectivity index (χ1) is 13.0. The second kappa shape index (κ2) is 7.00. The maximum atomic E-state index is 13.4. The molecule has 138 valence electrons. The Morgan fingerprint density at radius 2 is 1.96 bits per heavy atom. The number of fused-ring (bicyclic) bond motifs is 1.